The Morgan fingerprint density at radius 2 is 2.33 bits per heavy atom. The third-order valence-corrected chi connectivity index (χ3v) is 3.03. The highest BCUT2D eigenvalue weighted by Crippen LogP contribution is 2.20. The Hall–Kier alpha value is -1.82. The Bertz CT molecular complexity index is 553. The van der Waals surface area contributed by atoms with E-state index in [1.807, 2.05) is 0 Å². The fourth-order valence-electron chi connectivity index (χ4n) is 1.60. The minimum atomic E-state index is -0.134. The number of halogens is 1. The molecule has 0 bridgehead atoms. The minimum Gasteiger partial charge on any atom is -0.398 e. The van der Waals surface area contributed by atoms with Gasteiger partial charge in [-0.3, -0.25) is 4.79 Å². The monoisotopic (exact) mass is 308 g/mol. The van der Waals surface area contributed by atoms with Crippen LogP contribution in [0.4, 0.5) is 5.69 Å². The van der Waals surface area contributed by atoms with E-state index in [4.69, 9.17) is 5.73 Å². The van der Waals surface area contributed by atoms with Gasteiger partial charge in [-0.2, -0.15) is 0 Å². The first kappa shape index (κ1) is 12.6. The number of carbonyl (C=O) groups is 1. The van der Waals surface area contributed by atoms with Crippen molar-refractivity contribution in [2.24, 2.45) is 0 Å². The van der Waals surface area contributed by atoms with Crippen LogP contribution < -0.4 is 5.73 Å². The van der Waals surface area contributed by atoms with Crippen LogP contribution in [0, 0.1) is 0 Å². The molecule has 5 nitrogen and oxygen atoms in total. The van der Waals surface area contributed by atoms with Crippen molar-refractivity contribution in [3.8, 4) is 0 Å². The number of amides is 1. The van der Waals surface area contributed by atoms with Gasteiger partial charge in [-0.1, -0.05) is 15.9 Å². The highest BCUT2D eigenvalue weighted by atomic mass is 79.9. The Morgan fingerprint density at radius 3 is 3.00 bits per heavy atom. The molecule has 0 fully saturated rings. The maximum Gasteiger partial charge on any atom is 0.256 e. The number of benzene rings is 1. The van der Waals surface area contributed by atoms with Crippen molar-refractivity contribution in [3.05, 3.63) is 46.5 Å². The molecule has 3 N–H and O–H groups in total. The van der Waals surface area contributed by atoms with Crippen LogP contribution in [0.2, 0.25) is 0 Å². The van der Waals surface area contributed by atoms with Crippen LogP contribution in [0.3, 0.4) is 0 Å². The topological polar surface area (TPSA) is 75.0 Å². The van der Waals surface area contributed by atoms with Gasteiger partial charge >= 0.3 is 0 Å². The normalized spacial score (nSPS) is 10.3. The molecule has 0 saturated carbocycles. The Morgan fingerprint density at radius 1 is 1.56 bits per heavy atom. The number of nitrogens with one attached hydrogen (secondary N) is 1. The van der Waals surface area contributed by atoms with E-state index in [-0.39, 0.29) is 5.91 Å². The van der Waals surface area contributed by atoms with Crippen molar-refractivity contribution in [1.82, 2.24) is 14.9 Å². The number of nitrogens with two attached hydrogens (primary N) is 1. The van der Waals surface area contributed by atoms with E-state index < -0.39 is 0 Å². The average Bonchev–Trinajstić information content (AvgIpc) is 2.84. The first-order chi connectivity index (χ1) is 8.58. The molecule has 1 aromatic carbocycles. The highest BCUT2D eigenvalue weighted by Gasteiger charge is 2.15. The molecule has 2 rings (SSSR count). The Labute approximate surface area is 113 Å². The van der Waals surface area contributed by atoms with Gasteiger partial charge in [0.2, 0.25) is 0 Å². The van der Waals surface area contributed by atoms with Crippen molar-refractivity contribution >= 4 is 27.5 Å². The Kier molecular flexibility index (Phi) is 3.66. The molecule has 0 spiro atoms. The average molecular weight is 309 g/mol. The predicted molar refractivity (Wildman–Crippen MR) is 72.9 cm³/mol. The molecule has 0 aliphatic heterocycles. The Balaban J connectivity index is 2.17. The summed E-state index contributed by atoms with van der Waals surface area (Å²) in [6, 6.07) is 5.23. The molecule has 0 saturated heterocycles. The van der Waals surface area contributed by atoms with E-state index >= 15 is 0 Å². The van der Waals surface area contributed by atoms with Crippen LogP contribution in [-0.4, -0.2) is 27.8 Å². The number of hydrogen-bond acceptors (Lipinski definition) is 3. The number of aromatic amines is 1. The summed E-state index contributed by atoms with van der Waals surface area (Å²) in [5, 5.41) is 0. The molecule has 94 valence electrons. The van der Waals surface area contributed by atoms with Gasteiger partial charge in [0.05, 0.1) is 12.1 Å². The van der Waals surface area contributed by atoms with E-state index in [1.54, 1.807) is 42.5 Å². The summed E-state index contributed by atoms with van der Waals surface area (Å²) in [6.45, 7) is 0.414. The maximum absolute atomic E-state index is 12.2. The third kappa shape index (κ3) is 2.70. The second-order valence-electron chi connectivity index (χ2n) is 3.93. The summed E-state index contributed by atoms with van der Waals surface area (Å²) in [4.78, 5) is 20.8. The quantitative estimate of drug-likeness (QED) is 0.852. The van der Waals surface area contributed by atoms with Crippen LogP contribution in [0.15, 0.2) is 35.1 Å². The van der Waals surface area contributed by atoms with E-state index in [9.17, 15) is 4.79 Å². The lowest BCUT2D eigenvalue weighted by atomic mass is 10.1. The standard InChI is InChI=1S/C12H13BrN4O/c1-17(7-11-15-4-5-16-11)12(18)9-6-8(13)2-3-10(9)14/h2-6H,7,14H2,1H3,(H,15,16). The van der Waals surface area contributed by atoms with Crippen molar-refractivity contribution in [2.45, 2.75) is 6.54 Å². The zero-order valence-corrected chi connectivity index (χ0v) is 11.4. The summed E-state index contributed by atoms with van der Waals surface area (Å²) >= 11 is 3.33. The zero-order chi connectivity index (χ0) is 13.1. The summed E-state index contributed by atoms with van der Waals surface area (Å²) in [5.74, 6) is 0.601. The molecule has 1 amide bonds. The first-order valence-corrected chi connectivity index (χ1v) is 6.16. The second-order valence-corrected chi connectivity index (χ2v) is 4.84. The summed E-state index contributed by atoms with van der Waals surface area (Å²) < 4.78 is 0.825. The minimum absolute atomic E-state index is 0.134. The fraction of sp³-hybridized carbons (Fsp3) is 0.167. The van der Waals surface area contributed by atoms with Crippen molar-refractivity contribution in [2.75, 3.05) is 12.8 Å². The number of imidazole rings is 1. The molecule has 0 radical (unpaired) electrons. The molecule has 0 atom stereocenters. The lowest BCUT2D eigenvalue weighted by molar-refractivity contribution is 0.0783. The van der Waals surface area contributed by atoms with E-state index in [2.05, 4.69) is 25.9 Å². The third-order valence-electron chi connectivity index (χ3n) is 2.53. The van der Waals surface area contributed by atoms with Crippen molar-refractivity contribution in [3.63, 3.8) is 0 Å². The molecule has 2 aromatic rings. The molecule has 0 aliphatic rings. The van der Waals surface area contributed by atoms with Gasteiger partial charge in [0.25, 0.3) is 5.91 Å². The largest absolute Gasteiger partial charge is 0.398 e. The van der Waals surface area contributed by atoms with Gasteiger partial charge in [-0.25, -0.2) is 4.98 Å². The van der Waals surface area contributed by atoms with Gasteiger partial charge in [-0.05, 0) is 18.2 Å². The number of rotatable bonds is 3. The maximum atomic E-state index is 12.2. The summed E-state index contributed by atoms with van der Waals surface area (Å²) in [5.41, 5.74) is 6.76. The second kappa shape index (κ2) is 5.22. The van der Waals surface area contributed by atoms with Gasteiger partial charge in [0.1, 0.15) is 5.82 Å². The van der Waals surface area contributed by atoms with E-state index in [0.29, 0.717) is 17.8 Å². The van der Waals surface area contributed by atoms with Gasteiger partial charge < -0.3 is 15.6 Å². The van der Waals surface area contributed by atoms with Crippen LogP contribution in [-0.2, 0) is 6.54 Å². The lowest BCUT2D eigenvalue weighted by Gasteiger charge is -2.17. The fourth-order valence-corrected chi connectivity index (χ4v) is 1.96. The molecular formula is C12H13BrN4O. The summed E-state index contributed by atoms with van der Waals surface area (Å²) in [6.07, 6.45) is 3.38. The number of aromatic nitrogens is 2. The van der Waals surface area contributed by atoms with Crippen molar-refractivity contribution in [1.29, 1.82) is 0 Å². The van der Waals surface area contributed by atoms with Crippen LogP contribution >= 0.6 is 15.9 Å². The number of anilines is 1. The van der Waals surface area contributed by atoms with Gasteiger partial charge in [0, 0.05) is 29.6 Å². The molecular weight excluding hydrogens is 296 g/mol. The highest BCUT2D eigenvalue weighted by molar-refractivity contribution is 9.10. The SMILES string of the molecule is CN(Cc1ncc[nH]1)C(=O)c1cc(Br)ccc1N. The molecule has 0 unspecified atom stereocenters. The summed E-state index contributed by atoms with van der Waals surface area (Å²) in [7, 11) is 1.71. The number of hydrogen-bond donors (Lipinski definition) is 2. The zero-order valence-electron chi connectivity index (χ0n) is 9.85. The smallest absolute Gasteiger partial charge is 0.256 e. The predicted octanol–water partition coefficient (Wildman–Crippen LogP) is 2.03. The first-order valence-electron chi connectivity index (χ1n) is 5.36. The van der Waals surface area contributed by atoms with Crippen LogP contribution in [0.5, 0.6) is 0 Å². The number of nitrogens with zero attached hydrogens (tertiary/aromatic N) is 2. The molecule has 1 aromatic heterocycles. The molecule has 0 aliphatic carbocycles. The lowest BCUT2D eigenvalue weighted by Crippen LogP contribution is -2.27. The van der Waals surface area contributed by atoms with Gasteiger partial charge in [0.15, 0.2) is 0 Å². The van der Waals surface area contributed by atoms with Crippen LogP contribution in [0.25, 0.3) is 0 Å². The van der Waals surface area contributed by atoms with Crippen LogP contribution in [0.1, 0.15) is 16.2 Å². The van der Waals surface area contributed by atoms with E-state index in [0.717, 1.165) is 10.3 Å². The molecule has 1 heterocycles. The van der Waals surface area contributed by atoms with Gasteiger partial charge in [-0.15, -0.1) is 0 Å². The number of carbonyl (C=O) groups excluding carboxylic acids is 1. The van der Waals surface area contributed by atoms with E-state index in [1.165, 1.54) is 0 Å². The molecule has 18 heavy (non-hydrogen) atoms. The number of H-pyrrole nitrogens is 1. The number of nitrogen functional groups attached to an aromatic ring is 1. The van der Waals surface area contributed by atoms with Crippen molar-refractivity contribution < 1.29 is 4.79 Å². The molecule has 6 heteroatoms.